The maximum absolute atomic E-state index is 13.7. The molecule has 0 spiro atoms. The summed E-state index contributed by atoms with van der Waals surface area (Å²) < 4.78 is 15.1. The zero-order chi connectivity index (χ0) is 11.5. The highest BCUT2D eigenvalue weighted by atomic mass is 19.1. The lowest BCUT2D eigenvalue weighted by atomic mass is 10.1. The van der Waals surface area contributed by atoms with Gasteiger partial charge in [-0.25, -0.2) is 9.07 Å². The molecule has 2 rings (SSSR count). The molecule has 0 saturated carbocycles. The second kappa shape index (κ2) is 4.14. The van der Waals surface area contributed by atoms with Gasteiger partial charge in [0, 0.05) is 18.0 Å². The molecule has 5 heteroatoms. The van der Waals surface area contributed by atoms with E-state index in [2.05, 4.69) is 10.3 Å². The van der Waals surface area contributed by atoms with E-state index in [0.29, 0.717) is 17.0 Å². The Morgan fingerprint density at radius 1 is 1.50 bits per heavy atom. The van der Waals surface area contributed by atoms with E-state index in [9.17, 15) is 4.39 Å². The van der Waals surface area contributed by atoms with Crippen LogP contribution in [-0.2, 0) is 0 Å². The highest BCUT2D eigenvalue weighted by Gasteiger charge is 2.07. The minimum atomic E-state index is -0.413. The van der Waals surface area contributed by atoms with E-state index < -0.39 is 5.82 Å². The first-order valence-corrected chi connectivity index (χ1v) is 4.71. The summed E-state index contributed by atoms with van der Waals surface area (Å²) in [4.78, 5) is 0. The van der Waals surface area contributed by atoms with Gasteiger partial charge >= 0.3 is 0 Å². The Bertz CT molecular complexity index is 520. The number of rotatable bonds is 2. The smallest absolute Gasteiger partial charge is 0.149 e. The minimum Gasteiger partial charge on any atom is -0.411 e. The molecule has 2 aromatic rings. The number of aromatic nitrogens is 2. The molecular formula is C11H10FN3O. The zero-order valence-electron chi connectivity index (χ0n) is 8.63. The van der Waals surface area contributed by atoms with Crippen molar-refractivity contribution in [1.29, 1.82) is 0 Å². The molecule has 0 radical (unpaired) electrons. The summed E-state index contributed by atoms with van der Waals surface area (Å²) in [6, 6.07) is 6.29. The van der Waals surface area contributed by atoms with Crippen LogP contribution in [0.25, 0.3) is 5.69 Å². The lowest BCUT2D eigenvalue weighted by Gasteiger charge is -2.05. The fourth-order valence-corrected chi connectivity index (χ4v) is 1.39. The first-order chi connectivity index (χ1) is 7.72. The number of halogens is 1. The molecule has 0 unspecified atom stereocenters. The Morgan fingerprint density at radius 2 is 2.31 bits per heavy atom. The van der Waals surface area contributed by atoms with Gasteiger partial charge in [-0.3, -0.25) is 0 Å². The van der Waals surface area contributed by atoms with E-state index >= 15 is 0 Å². The Balaban J connectivity index is 2.45. The molecule has 0 aliphatic carbocycles. The molecule has 0 atom stereocenters. The van der Waals surface area contributed by atoms with Crippen LogP contribution in [-0.4, -0.2) is 20.7 Å². The molecule has 1 heterocycles. The molecule has 0 fully saturated rings. The predicted molar refractivity (Wildman–Crippen MR) is 57.5 cm³/mol. The first-order valence-electron chi connectivity index (χ1n) is 4.71. The van der Waals surface area contributed by atoms with Gasteiger partial charge in [0.2, 0.25) is 0 Å². The van der Waals surface area contributed by atoms with Gasteiger partial charge in [0.05, 0.1) is 5.71 Å². The fourth-order valence-electron chi connectivity index (χ4n) is 1.39. The monoisotopic (exact) mass is 219 g/mol. The van der Waals surface area contributed by atoms with Crippen LogP contribution in [0.1, 0.15) is 12.5 Å². The predicted octanol–water partition coefficient (Wildman–Crippen LogP) is 2.21. The second-order valence-corrected chi connectivity index (χ2v) is 3.30. The van der Waals surface area contributed by atoms with Gasteiger partial charge in [0.25, 0.3) is 0 Å². The van der Waals surface area contributed by atoms with Crippen LogP contribution in [0.15, 0.2) is 41.8 Å². The Labute approximate surface area is 91.6 Å². The maximum atomic E-state index is 13.7. The average Bonchev–Trinajstić information content (AvgIpc) is 2.81. The summed E-state index contributed by atoms with van der Waals surface area (Å²) in [5, 5.41) is 15.5. The molecule has 0 amide bonds. The largest absolute Gasteiger partial charge is 0.411 e. The number of hydrogen-bond donors (Lipinski definition) is 1. The maximum Gasteiger partial charge on any atom is 0.149 e. The van der Waals surface area contributed by atoms with E-state index in [-0.39, 0.29) is 0 Å². The van der Waals surface area contributed by atoms with Crippen molar-refractivity contribution in [2.75, 3.05) is 0 Å². The first kappa shape index (κ1) is 10.4. The molecule has 1 aromatic heterocycles. The molecule has 82 valence electrons. The van der Waals surface area contributed by atoms with Gasteiger partial charge in [0.1, 0.15) is 11.5 Å². The van der Waals surface area contributed by atoms with Gasteiger partial charge in [-0.1, -0.05) is 11.2 Å². The molecule has 16 heavy (non-hydrogen) atoms. The molecule has 0 bridgehead atoms. The summed E-state index contributed by atoms with van der Waals surface area (Å²) in [6.07, 6.45) is 3.23. The number of benzene rings is 1. The van der Waals surface area contributed by atoms with Crippen LogP contribution in [0.5, 0.6) is 0 Å². The SMILES string of the molecule is C/C(=N/O)c1ccc(-n2cccn2)c(F)c1. The van der Waals surface area contributed by atoms with Gasteiger partial charge < -0.3 is 5.21 Å². The standard InChI is InChI=1S/C11H10FN3O/c1-8(14-16)9-3-4-11(10(12)7-9)15-6-2-5-13-15/h2-7,16H,1H3/b14-8-. The van der Waals surface area contributed by atoms with Crippen molar-refractivity contribution in [3.8, 4) is 5.69 Å². The fraction of sp³-hybridized carbons (Fsp3) is 0.0909. The lowest BCUT2D eigenvalue weighted by molar-refractivity contribution is 0.319. The van der Waals surface area contributed by atoms with Gasteiger partial charge in [0.15, 0.2) is 0 Å². The normalized spacial score (nSPS) is 11.8. The van der Waals surface area contributed by atoms with Crippen molar-refractivity contribution >= 4 is 5.71 Å². The summed E-state index contributed by atoms with van der Waals surface area (Å²) in [7, 11) is 0. The van der Waals surface area contributed by atoms with Gasteiger partial charge in [-0.05, 0) is 25.1 Å². The topological polar surface area (TPSA) is 50.4 Å². The molecule has 0 aliphatic rings. The highest BCUT2D eigenvalue weighted by Crippen LogP contribution is 2.14. The summed E-state index contributed by atoms with van der Waals surface area (Å²) in [6.45, 7) is 1.60. The van der Waals surface area contributed by atoms with E-state index in [1.807, 2.05) is 0 Å². The Hall–Kier alpha value is -2.17. The van der Waals surface area contributed by atoms with Crippen LogP contribution in [0.2, 0.25) is 0 Å². The number of nitrogens with zero attached hydrogens (tertiary/aromatic N) is 3. The molecule has 1 aromatic carbocycles. The van der Waals surface area contributed by atoms with Crippen molar-refractivity contribution in [3.63, 3.8) is 0 Å². The van der Waals surface area contributed by atoms with Crippen LogP contribution < -0.4 is 0 Å². The number of oxime groups is 1. The molecule has 1 N–H and O–H groups in total. The Morgan fingerprint density at radius 3 is 2.88 bits per heavy atom. The summed E-state index contributed by atoms with van der Waals surface area (Å²) in [5.74, 6) is -0.413. The average molecular weight is 219 g/mol. The quantitative estimate of drug-likeness (QED) is 0.478. The third-order valence-electron chi connectivity index (χ3n) is 2.27. The van der Waals surface area contributed by atoms with Crippen LogP contribution in [0, 0.1) is 5.82 Å². The van der Waals surface area contributed by atoms with Crippen molar-refractivity contribution in [2.24, 2.45) is 5.16 Å². The third-order valence-corrected chi connectivity index (χ3v) is 2.27. The second-order valence-electron chi connectivity index (χ2n) is 3.30. The van der Waals surface area contributed by atoms with Crippen LogP contribution in [0.4, 0.5) is 4.39 Å². The molecule has 0 aliphatic heterocycles. The summed E-state index contributed by atoms with van der Waals surface area (Å²) in [5.41, 5.74) is 1.27. The van der Waals surface area contributed by atoms with Crippen molar-refractivity contribution < 1.29 is 9.60 Å². The molecule has 0 saturated heterocycles. The highest BCUT2D eigenvalue weighted by molar-refractivity contribution is 5.98. The summed E-state index contributed by atoms with van der Waals surface area (Å²) >= 11 is 0. The molecular weight excluding hydrogens is 209 g/mol. The van der Waals surface area contributed by atoms with Crippen molar-refractivity contribution in [2.45, 2.75) is 6.92 Å². The molecule has 4 nitrogen and oxygen atoms in total. The third kappa shape index (κ3) is 1.79. The Kier molecular flexibility index (Phi) is 2.68. The van der Waals surface area contributed by atoms with E-state index in [4.69, 9.17) is 5.21 Å². The van der Waals surface area contributed by atoms with E-state index in [1.54, 1.807) is 37.5 Å². The van der Waals surface area contributed by atoms with E-state index in [0.717, 1.165) is 0 Å². The van der Waals surface area contributed by atoms with E-state index in [1.165, 1.54) is 10.7 Å². The minimum absolute atomic E-state index is 0.361. The van der Waals surface area contributed by atoms with Crippen molar-refractivity contribution in [1.82, 2.24) is 9.78 Å². The van der Waals surface area contributed by atoms with Gasteiger partial charge in [-0.15, -0.1) is 0 Å². The van der Waals surface area contributed by atoms with Crippen LogP contribution in [0.3, 0.4) is 0 Å². The van der Waals surface area contributed by atoms with Gasteiger partial charge in [-0.2, -0.15) is 5.10 Å². The van der Waals surface area contributed by atoms with Crippen LogP contribution >= 0.6 is 0 Å². The number of hydrogen-bond acceptors (Lipinski definition) is 3. The van der Waals surface area contributed by atoms with Crippen molar-refractivity contribution in [3.05, 3.63) is 48.0 Å². The lowest BCUT2D eigenvalue weighted by Crippen LogP contribution is -2.01. The zero-order valence-corrected chi connectivity index (χ0v) is 8.63.